The van der Waals surface area contributed by atoms with Gasteiger partial charge in [0.1, 0.15) is 10.8 Å². The van der Waals surface area contributed by atoms with E-state index in [1.807, 2.05) is 0 Å². The number of halogens is 2. The summed E-state index contributed by atoms with van der Waals surface area (Å²) >= 11 is 8.69. The Labute approximate surface area is 94.5 Å². The van der Waals surface area contributed by atoms with E-state index < -0.39 is 0 Å². The Hall–Kier alpha value is -0.940. The molecule has 1 amide bonds. The lowest BCUT2D eigenvalue weighted by molar-refractivity contribution is 0.0952. The van der Waals surface area contributed by atoms with Crippen LogP contribution in [0, 0.1) is 0 Å². The van der Waals surface area contributed by atoms with Crippen LogP contribution in [0.5, 0.6) is 0 Å². The monoisotopic (exact) mass is 275 g/mol. The first-order chi connectivity index (χ1) is 6.59. The highest BCUT2D eigenvalue weighted by molar-refractivity contribution is 9.11. The highest BCUT2D eigenvalue weighted by Crippen LogP contribution is 2.03. The second-order valence-electron chi connectivity index (χ2n) is 2.43. The first kappa shape index (κ1) is 11.1. The Morgan fingerprint density at radius 2 is 2.36 bits per heavy atom. The molecule has 1 aromatic heterocycles. The smallest absolute Gasteiger partial charge is 0.271 e. The minimum absolute atomic E-state index is 0.186. The predicted molar refractivity (Wildman–Crippen MR) is 57.4 cm³/mol. The molecule has 0 saturated heterocycles. The molecule has 0 atom stereocenters. The number of nitrogens with zero attached hydrogens (tertiary/aromatic N) is 2. The molecule has 6 heteroatoms. The van der Waals surface area contributed by atoms with E-state index in [2.05, 4.69) is 37.8 Å². The first-order valence-electron chi connectivity index (χ1n) is 3.68. The van der Waals surface area contributed by atoms with E-state index in [9.17, 15) is 4.79 Å². The van der Waals surface area contributed by atoms with Gasteiger partial charge in [0.2, 0.25) is 0 Å². The van der Waals surface area contributed by atoms with Crippen LogP contribution in [0.4, 0.5) is 0 Å². The molecule has 0 bridgehead atoms. The molecule has 0 aliphatic rings. The van der Waals surface area contributed by atoms with Gasteiger partial charge in [0, 0.05) is 11.0 Å². The normalized spacial score (nSPS) is 9.57. The molecule has 0 unspecified atom stereocenters. The summed E-state index contributed by atoms with van der Waals surface area (Å²) in [7, 11) is 0. The third-order valence-electron chi connectivity index (χ3n) is 1.28. The van der Waals surface area contributed by atoms with Gasteiger partial charge in [-0.1, -0.05) is 34.1 Å². The maximum atomic E-state index is 11.4. The topological polar surface area (TPSA) is 54.9 Å². The Morgan fingerprint density at radius 1 is 1.64 bits per heavy atom. The molecule has 0 saturated carbocycles. The van der Waals surface area contributed by atoms with Crippen molar-refractivity contribution < 1.29 is 4.79 Å². The third kappa shape index (κ3) is 3.43. The summed E-state index contributed by atoms with van der Waals surface area (Å²) in [4.78, 5) is 18.9. The summed E-state index contributed by atoms with van der Waals surface area (Å²) in [6.45, 7) is 3.92. The van der Waals surface area contributed by atoms with Gasteiger partial charge in [-0.2, -0.15) is 0 Å². The summed E-state index contributed by atoms with van der Waals surface area (Å²) < 4.78 is 0.681. The number of carbonyl (C=O) groups excluding carboxylic acids is 1. The van der Waals surface area contributed by atoms with E-state index >= 15 is 0 Å². The van der Waals surface area contributed by atoms with E-state index in [1.165, 1.54) is 12.4 Å². The molecule has 0 aromatic carbocycles. The number of hydrogen-bond donors (Lipinski definition) is 1. The standard InChI is InChI=1S/C8H7BrClN3O/c1-5(9)2-12-8(14)6-3-11-4-7(10)13-6/h3-4H,1-2H2,(H,12,14). The van der Waals surface area contributed by atoms with Gasteiger partial charge in [0.15, 0.2) is 0 Å². The lowest BCUT2D eigenvalue weighted by Crippen LogP contribution is -2.25. The van der Waals surface area contributed by atoms with Crippen molar-refractivity contribution in [3.8, 4) is 0 Å². The van der Waals surface area contributed by atoms with E-state index in [1.54, 1.807) is 0 Å². The summed E-state index contributed by atoms with van der Waals surface area (Å²) in [5, 5.41) is 2.77. The van der Waals surface area contributed by atoms with Gasteiger partial charge < -0.3 is 5.32 Å². The van der Waals surface area contributed by atoms with Crippen molar-refractivity contribution in [2.75, 3.05) is 6.54 Å². The second kappa shape index (κ2) is 5.07. The zero-order valence-corrected chi connectivity index (χ0v) is 9.47. The van der Waals surface area contributed by atoms with Gasteiger partial charge in [0.25, 0.3) is 5.91 Å². The summed E-state index contributed by atoms with van der Waals surface area (Å²) in [6.07, 6.45) is 2.71. The number of aromatic nitrogens is 2. The fraction of sp³-hybridized carbons (Fsp3) is 0.125. The van der Waals surface area contributed by atoms with Gasteiger partial charge in [-0.25, -0.2) is 4.98 Å². The maximum absolute atomic E-state index is 11.4. The average Bonchev–Trinajstić information content (AvgIpc) is 2.14. The van der Waals surface area contributed by atoms with Gasteiger partial charge in [-0.15, -0.1) is 0 Å². The van der Waals surface area contributed by atoms with Crippen LogP contribution < -0.4 is 5.32 Å². The van der Waals surface area contributed by atoms with Gasteiger partial charge >= 0.3 is 0 Å². The number of amides is 1. The second-order valence-corrected chi connectivity index (χ2v) is 3.94. The zero-order valence-electron chi connectivity index (χ0n) is 7.13. The SMILES string of the molecule is C=C(Br)CNC(=O)c1cncc(Cl)n1. The molecular weight excluding hydrogens is 269 g/mol. The van der Waals surface area contributed by atoms with Crippen molar-refractivity contribution in [3.63, 3.8) is 0 Å². The van der Waals surface area contributed by atoms with Crippen LogP contribution in [-0.2, 0) is 0 Å². The molecule has 74 valence electrons. The first-order valence-corrected chi connectivity index (χ1v) is 4.85. The molecule has 4 nitrogen and oxygen atoms in total. The minimum Gasteiger partial charge on any atom is -0.346 e. The Bertz CT molecular complexity index is 369. The molecule has 14 heavy (non-hydrogen) atoms. The summed E-state index contributed by atoms with van der Waals surface area (Å²) in [6, 6.07) is 0. The van der Waals surface area contributed by atoms with E-state index in [0.29, 0.717) is 11.0 Å². The average molecular weight is 277 g/mol. The fourth-order valence-corrected chi connectivity index (χ4v) is 1.01. The minimum atomic E-state index is -0.333. The summed E-state index contributed by atoms with van der Waals surface area (Å²) in [5.74, 6) is -0.333. The maximum Gasteiger partial charge on any atom is 0.271 e. The highest BCUT2D eigenvalue weighted by Gasteiger charge is 2.07. The van der Waals surface area contributed by atoms with Crippen LogP contribution >= 0.6 is 27.5 Å². The van der Waals surface area contributed by atoms with Crippen molar-refractivity contribution in [1.29, 1.82) is 0 Å². The van der Waals surface area contributed by atoms with Gasteiger partial charge in [-0.05, 0) is 0 Å². The lowest BCUT2D eigenvalue weighted by Gasteiger charge is -2.02. The summed E-state index contributed by atoms with van der Waals surface area (Å²) in [5.41, 5.74) is 0.186. The number of hydrogen-bond acceptors (Lipinski definition) is 3. The molecule has 0 aliphatic carbocycles. The van der Waals surface area contributed by atoms with Crippen molar-refractivity contribution in [2.45, 2.75) is 0 Å². The molecular formula is C8H7BrClN3O. The number of rotatable bonds is 3. The molecule has 0 radical (unpaired) electrons. The predicted octanol–water partition coefficient (Wildman–Crippen LogP) is 1.77. The van der Waals surface area contributed by atoms with E-state index in [-0.39, 0.29) is 16.8 Å². The van der Waals surface area contributed by atoms with Crippen molar-refractivity contribution in [1.82, 2.24) is 15.3 Å². The third-order valence-corrected chi connectivity index (χ3v) is 1.74. The van der Waals surface area contributed by atoms with E-state index in [0.717, 1.165) is 0 Å². The number of nitrogens with one attached hydrogen (secondary N) is 1. The van der Waals surface area contributed by atoms with E-state index in [4.69, 9.17) is 11.6 Å². The number of carbonyl (C=O) groups is 1. The molecule has 1 heterocycles. The fourth-order valence-electron chi connectivity index (χ4n) is 0.718. The lowest BCUT2D eigenvalue weighted by atomic mass is 10.4. The largest absolute Gasteiger partial charge is 0.346 e. The van der Waals surface area contributed by atoms with Crippen molar-refractivity contribution >= 4 is 33.4 Å². The van der Waals surface area contributed by atoms with Crippen LogP contribution in [0.15, 0.2) is 23.5 Å². The van der Waals surface area contributed by atoms with Crippen LogP contribution in [0.2, 0.25) is 5.15 Å². The van der Waals surface area contributed by atoms with Crippen LogP contribution in [0.25, 0.3) is 0 Å². The zero-order chi connectivity index (χ0) is 10.6. The molecule has 1 aromatic rings. The van der Waals surface area contributed by atoms with Crippen LogP contribution in [0.3, 0.4) is 0 Å². The molecule has 1 rings (SSSR count). The van der Waals surface area contributed by atoms with Gasteiger partial charge in [-0.3, -0.25) is 9.78 Å². The Balaban J connectivity index is 2.65. The highest BCUT2D eigenvalue weighted by atomic mass is 79.9. The molecule has 0 fully saturated rings. The van der Waals surface area contributed by atoms with Crippen LogP contribution in [0.1, 0.15) is 10.5 Å². The Morgan fingerprint density at radius 3 is 2.93 bits per heavy atom. The molecule has 0 spiro atoms. The van der Waals surface area contributed by atoms with Crippen molar-refractivity contribution in [3.05, 3.63) is 34.3 Å². The Kier molecular flexibility index (Phi) is 4.03. The molecule has 1 N–H and O–H groups in total. The van der Waals surface area contributed by atoms with Crippen molar-refractivity contribution in [2.24, 2.45) is 0 Å². The van der Waals surface area contributed by atoms with Gasteiger partial charge in [0.05, 0.1) is 12.4 Å². The molecule has 0 aliphatic heterocycles. The quantitative estimate of drug-likeness (QED) is 0.915. The van der Waals surface area contributed by atoms with Crippen LogP contribution in [-0.4, -0.2) is 22.4 Å².